The molecule has 0 aliphatic rings. The topological polar surface area (TPSA) is 56.4 Å². The molecule has 5 nitrogen and oxygen atoms in total. The summed E-state index contributed by atoms with van der Waals surface area (Å²) in [5, 5.41) is 0.398. The summed E-state index contributed by atoms with van der Waals surface area (Å²) in [7, 11) is 0. The van der Waals surface area contributed by atoms with E-state index in [-0.39, 0.29) is 23.3 Å². The van der Waals surface area contributed by atoms with Gasteiger partial charge in [-0.3, -0.25) is 14.0 Å². The number of para-hydroxylation sites is 1. The zero-order valence-electron chi connectivity index (χ0n) is 18.0. The van der Waals surface area contributed by atoms with Crippen LogP contribution in [0.1, 0.15) is 22.3 Å². The van der Waals surface area contributed by atoms with Crippen molar-refractivity contribution in [1.82, 2.24) is 14.0 Å². The van der Waals surface area contributed by atoms with E-state index in [2.05, 4.69) is 4.98 Å². The van der Waals surface area contributed by atoms with Crippen molar-refractivity contribution in [3.8, 4) is 5.69 Å². The van der Waals surface area contributed by atoms with E-state index in [0.717, 1.165) is 17.7 Å². The maximum atomic E-state index is 13.6. The lowest BCUT2D eigenvalue weighted by Gasteiger charge is -2.14. The zero-order chi connectivity index (χ0) is 24.0. The molecule has 0 N–H and O–H groups in total. The van der Waals surface area contributed by atoms with Gasteiger partial charge in [0.1, 0.15) is 0 Å². The Morgan fingerprint density at radius 2 is 1.53 bits per heavy atom. The summed E-state index contributed by atoms with van der Waals surface area (Å²) in [4.78, 5) is 31.4. The Bertz CT molecular complexity index is 1650. The molecular weight excluding hydrogens is 443 g/mol. The third kappa shape index (κ3) is 3.77. The Morgan fingerprint density at radius 1 is 0.853 bits per heavy atom. The van der Waals surface area contributed by atoms with Crippen LogP contribution in [0.2, 0.25) is 0 Å². The molecule has 0 unspecified atom stereocenters. The van der Waals surface area contributed by atoms with Crippen LogP contribution >= 0.6 is 0 Å². The number of rotatable bonds is 3. The summed E-state index contributed by atoms with van der Waals surface area (Å²) in [5.74, 6) is 0.161. The van der Waals surface area contributed by atoms with Crippen LogP contribution in [0.5, 0.6) is 0 Å². The molecule has 2 heterocycles. The molecule has 0 fully saturated rings. The standard InChI is InChI=1S/C26H18F3N3O2/c1-16-6-12-20(13-7-16)32-23(33)18(14-17-8-10-19(11-9-17)26(27,28)29)15-31-24(34)21-4-2-3-5-22(21)30-25(31)32/h2-13,15H,14H2,1H3. The molecule has 0 aliphatic carbocycles. The number of benzene rings is 3. The second-order valence-electron chi connectivity index (χ2n) is 8.11. The molecular formula is C26H18F3N3O2. The normalized spacial score (nSPS) is 11.9. The van der Waals surface area contributed by atoms with Gasteiger partial charge in [-0.15, -0.1) is 0 Å². The largest absolute Gasteiger partial charge is 0.416 e. The molecule has 0 aliphatic heterocycles. The summed E-state index contributed by atoms with van der Waals surface area (Å²) < 4.78 is 41.5. The van der Waals surface area contributed by atoms with Gasteiger partial charge in [0, 0.05) is 18.2 Å². The maximum Gasteiger partial charge on any atom is 0.416 e. The molecule has 0 atom stereocenters. The van der Waals surface area contributed by atoms with Crippen LogP contribution in [0.4, 0.5) is 13.2 Å². The third-order valence-electron chi connectivity index (χ3n) is 5.72. The number of nitrogens with zero attached hydrogens (tertiary/aromatic N) is 3. The van der Waals surface area contributed by atoms with Crippen molar-refractivity contribution in [1.29, 1.82) is 0 Å². The first-order valence-electron chi connectivity index (χ1n) is 10.5. The number of halogens is 3. The summed E-state index contributed by atoms with van der Waals surface area (Å²) in [6.07, 6.45) is -2.96. The molecule has 3 aromatic carbocycles. The van der Waals surface area contributed by atoms with Gasteiger partial charge in [0.2, 0.25) is 5.78 Å². The SMILES string of the molecule is Cc1ccc(-n2c(=O)c(Cc3ccc(C(F)(F)F)cc3)cn3c(=O)c4ccccc4nc23)cc1. The van der Waals surface area contributed by atoms with Crippen LogP contribution in [0.3, 0.4) is 0 Å². The highest BCUT2D eigenvalue weighted by molar-refractivity contribution is 5.79. The Morgan fingerprint density at radius 3 is 2.21 bits per heavy atom. The molecule has 0 bridgehead atoms. The van der Waals surface area contributed by atoms with E-state index in [4.69, 9.17) is 0 Å². The lowest BCUT2D eigenvalue weighted by atomic mass is 10.0. The molecule has 5 rings (SSSR count). The van der Waals surface area contributed by atoms with Crippen LogP contribution in [0.25, 0.3) is 22.4 Å². The van der Waals surface area contributed by atoms with Crippen molar-refractivity contribution >= 4 is 16.7 Å². The first kappa shape index (κ1) is 21.6. The van der Waals surface area contributed by atoms with Gasteiger partial charge in [-0.05, 0) is 48.9 Å². The van der Waals surface area contributed by atoms with E-state index in [1.54, 1.807) is 36.4 Å². The average molecular weight is 461 g/mol. The van der Waals surface area contributed by atoms with E-state index in [1.165, 1.54) is 27.3 Å². The summed E-state index contributed by atoms with van der Waals surface area (Å²) in [6.45, 7) is 1.92. The predicted molar refractivity (Wildman–Crippen MR) is 124 cm³/mol. The van der Waals surface area contributed by atoms with Gasteiger partial charge in [0.05, 0.1) is 22.2 Å². The fourth-order valence-corrected chi connectivity index (χ4v) is 3.93. The summed E-state index contributed by atoms with van der Waals surface area (Å²) in [6, 6.07) is 18.7. The molecule has 0 saturated heterocycles. The van der Waals surface area contributed by atoms with E-state index < -0.39 is 17.3 Å². The first-order valence-corrected chi connectivity index (χ1v) is 10.5. The van der Waals surface area contributed by atoms with Crippen LogP contribution in [-0.2, 0) is 12.6 Å². The van der Waals surface area contributed by atoms with Crippen molar-refractivity contribution in [2.45, 2.75) is 19.5 Å². The van der Waals surface area contributed by atoms with Crippen LogP contribution in [0.15, 0.2) is 88.6 Å². The van der Waals surface area contributed by atoms with Crippen molar-refractivity contribution in [2.24, 2.45) is 0 Å². The Labute approximate surface area is 191 Å². The lowest BCUT2D eigenvalue weighted by molar-refractivity contribution is -0.137. The first-order chi connectivity index (χ1) is 16.2. The van der Waals surface area contributed by atoms with E-state index in [9.17, 15) is 22.8 Å². The average Bonchev–Trinajstić information content (AvgIpc) is 2.81. The lowest BCUT2D eigenvalue weighted by Crippen LogP contribution is -2.30. The Hall–Kier alpha value is -4.20. The molecule has 170 valence electrons. The van der Waals surface area contributed by atoms with Crippen molar-refractivity contribution in [2.75, 3.05) is 0 Å². The Balaban J connectivity index is 1.76. The van der Waals surface area contributed by atoms with Crippen molar-refractivity contribution in [3.05, 3.63) is 122 Å². The van der Waals surface area contributed by atoms with E-state index in [1.807, 2.05) is 19.1 Å². The molecule has 0 radical (unpaired) electrons. The monoisotopic (exact) mass is 461 g/mol. The minimum absolute atomic E-state index is 0.0536. The molecule has 34 heavy (non-hydrogen) atoms. The third-order valence-corrected chi connectivity index (χ3v) is 5.72. The second-order valence-corrected chi connectivity index (χ2v) is 8.11. The molecule has 0 saturated carbocycles. The molecule has 2 aromatic heterocycles. The minimum atomic E-state index is -4.44. The number of alkyl halides is 3. The maximum absolute atomic E-state index is 13.6. The number of hydrogen-bond acceptors (Lipinski definition) is 3. The smallest absolute Gasteiger partial charge is 0.268 e. The molecule has 5 aromatic rings. The molecule has 0 spiro atoms. The van der Waals surface area contributed by atoms with Gasteiger partial charge >= 0.3 is 6.18 Å². The number of aromatic nitrogens is 3. The number of aryl methyl sites for hydroxylation is 1. The van der Waals surface area contributed by atoms with E-state index >= 15 is 0 Å². The highest BCUT2D eigenvalue weighted by atomic mass is 19.4. The predicted octanol–water partition coefficient (Wildman–Crippen LogP) is 4.92. The van der Waals surface area contributed by atoms with Gasteiger partial charge in [-0.1, -0.05) is 42.0 Å². The molecule has 0 amide bonds. The highest BCUT2D eigenvalue weighted by Gasteiger charge is 2.30. The van der Waals surface area contributed by atoms with Gasteiger partial charge in [-0.2, -0.15) is 13.2 Å². The molecule has 8 heteroatoms. The van der Waals surface area contributed by atoms with Crippen LogP contribution in [-0.4, -0.2) is 14.0 Å². The van der Waals surface area contributed by atoms with Crippen molar-refractivity contribution in [3.63, 3.8) is 0 Å². The zero-order valence-corrected chi connectivity index (χ0v) is 18.0. The van der Waals surface area contributed by atoms with Crippen LogP contribution in [0, 0.1) is 6.92 Å². The quantitative estimate of drug-likeness (QED) is 0.359. The van der Waals surface area contributed by atoms with Gasteiger partial charge in [0.15, 0.2) is 0 Å². The summed E-state index contributed by atoms with van der Waals surface area (Å²) >= 11 is 0. The highest BCUT2D eigenvalue weighted by Crippen LogP contribution is 2.29. The van der Waals surface area contributed by atoms with E-state index in [0.29, 0.717) is 22.2 Å². The minimum Gasteiger partial charge on any atom is -0.268 e. The van der Waals surface area contributed by atoms with Gasteiger partial charge < -0.3 is 0 Å². The Kier molecular flexibility index (Phi) is 5.08. The van der Waals surface area contributed by atoms with Gasteiger partial charge in [-0.25, -0.2) is 9.55 Å². The summed E-state index contributed by atoms with van der Waals surface area (Å²) in [5.41, 5.74) is 1.26. The number of hydrogen-bond donors (Lipinski definition) is 0. The second kappa shape index (κ2) is 7.98. The number of fused-ring (bicyclic) bond motifs is 2. The van der Waals surface area contributed by atoms with Crippen LogP contribution < -0.4 is 11.1 Å². The van der Waals surface area contributed by atoms with Crippen molar-refractivity contribution < 1.29 is 13.2 Å². The van der Waals surface area contributed by atoms with Gasteiger partial charge in [0.25, 0.3) is 11.1 Å². The fourth-order valence-electron chi connectivity index (χ4n) is 3.93. The fraction of sp³-hybridized carbons (Fsp3) is 0.115.